The summed E-state index contributed by atoms with van der Waals surface area (Å²) < 4.78 is 26.6. The molecule has 0 bridgehead atoms. The maximum absolute atomic E-state index is 10.9. The normalized spacial score (nSPS) is 23.8. The van der Waals surface area contributed by atoms with Crippen LogP contribution >= 0.6 is 0 Å². The molecule has 1 rings (SSSR count). The average molecular weight is 206 g/mol. The van der Waals surface area contributed by atoms with Crippen LogP contribution < -0.4 is 0 Å². The molecule has 0 aromatic rings. The van der Waals surface area contributed by atoms with Gasteiger partial charge in [0.15, 0.2) is 0 Å². The highest BCUT2D eigenvalue weighted by atomic mass is 32.2. The van der Waals surface area contributed by atoms with Crippen LogP contribution in [0.25, 0.3) is 0 Å². The highest BCUT2D eigenvalue weighted by Crippen LogP contribution is 2.22. The first kappa shape index (κ1) is 10.7. The van der Waals surface area contributed by atoms with Crippen LogP contribution in [-0.2, 0) is 19.1 Å². The van der Waals surface area contributed by atoms with Crippen molar-refractivity contribution in [2.75, 3.05) is 12.4 Å². The summed E-state index contributed by atoms with van der Waals surface area (Å²) in [5.74, 6) is 0.310. The number of hydrogen-bond donors (Lipinski definition) is 0. The first-order chi connectivity index (χ1) is 6.03. The third kappa shape index (κ3) is 3.44. The molecular formula is C8H14O4S. The topological polar surface area (TPSA) is 60.4 Å². The van der Waals surface area contributed by atoms with Crippen molar-refractivity contribution < 1.29 is 17.4 Å². The van der Waals surface area contributed by atoms with Gasteiger partial charge in [0.1, 0.15) is 5.78 Å². The molecule has 0 N–H and O–H groups in total. The van der Waals surface area contributed by atoms with E-state index in [2.05, 4.69) is 0 Å². The lowest BCUT2D eigenvalue weighted by molar-refractivity contribution is -0.117. The third-order valence-electron chi connectivity index (χ3n) is 2.18. The van der Waals surface area contributed by atoms with Crippen molar-refractivity contribution >= 4 is 15.9 Å². The lowest BCUT2D eigenvalue weighted by atomic mass is 10.1. The van der Waals surface area contributed by atoms with Gasteiger partial charge in [-0.05, 0) is 19.3 Å². The van der Waals surface area contributed by atoms with E-state index < -0.39 is 10.1 Å². The van der Waals surface area contributed by atoms with Crippen LogP contribution in [0.1, 0.15) is 26.2 Å². The molecule has 0 aromatic carbocycles. The Labute approximate surface area is 78.4 Å². The molecule has 5 heteroatoms. The fourth-order valence-electron chi connectivity index (χ4n) is 1.32. The van der Waals surface area contributed by atoms with Gasteiger partial charge in [-0.2, -0.15) is 8.42 Å². The van der Waals surface area contributed by atoms with Crippen LogP contribution in [0.5, 0.6) is 0 Å². The minimum atomic E-state index is -3.34. The highest BCUT2D eigenvalue weighted by molar-refractivity contribution is 7.86. The molecule has 0 amide bonds. The monoisotopic (exact) mass is 206 g/mol. The summed E-state index contributed by atoms with van der Waals surface area (Å²) in [6.45, 7) is 1.71. The zero-order valence-electron chi connectivity index (χ0n) is 7.65. The zero-order valence-corrected chi connectivity index (χ0v) is 8.47. The predicted molar refractivity (Wildman–Crippen MR) is 47.8 cm³/mol. The summed E-state index contributed by atoms with van der Waals surface area (Å²) in [6, 6.07) is 0. The van der Waals surface area contributed by atoms with Crippen molar-refractivity contribution in [1.82, 2.24) is 0 Å². The van der Waals surface area contributed by atoms with Gasteiger partial charge in [-0.3, -0.25) is 8.98 Å². The van der Waals surface area contributed by atoms with E-state index in [4.69, 9.17) is 4.18 Å². The Hall–Kier alpha value is -0.420. The van der Waals surface area contributed by atoms with Crippen molar-refractivity contribution in [1.29, 1.82) is 0 Å². The van der Waals surface area contributed by atoms with Crippen LogP contribution in [0.4, 0.5) is 0 Å². The van der Waals surface area contributed by atoms with Crippen LogP contribution in [0.15, 0.2) is 0 Å². The summed E-state index contributed by atoms with van der Waals surface area (Å²) in [4.78, 5) is 10.8. The Bertz CT molecular complexity index is 281. The number of rotatable bonds is 4. The van der Waals surface area contributed by atoms with Gasteiger partial charge in [-0.1, -0.05) is 0 Å². The van der Waals surface area contributed by atoms with Crippen molar-refractivity contribution in [2.45, 2.75) is 26.2 Å². The van der Waals surface area contributed by atoms with Crippen LogP contribution in [-0.4, -0.2) is 26.6 Å². The van der Waals surface area contributed by atoms with Gasteiger partial charge in [0.05, 0.1) is 12.4 Å². The molecule has 1 aliphatic carbocycles. The molecule has 0 saturated heterocycles. The second kappa shape index (κ2) is 4.19. The fourth-order valence-corrected chi connectivity index (χ4v) is 1.88. The smallest absolute Gasteiger partial charge is 0.267 e. The number of carbonyl (C=O) groups excluding carboxylic acids is 1. The molecule has 0 radical (unpaired) electrons. The second-order valence-electron chi connectivity index (χ2n) is 3.28. The number of carbonyl (C=O) groups is 1. The van der Waals surface area contributed by atoms with E-state index in [0.29, 0.717) is 12.8 Å². The minimum absolute atomic E-state index is 0.00628. The zero-order chi connectivity index (χ0) is 9.90. The lowest BCUT2D eigenvalue weighted by Crippen LogP contribution is -2.14. The Kier molecular flexibility index (Phi) is 3.44. The Balaban J connectivity index is 2.31. The van der Waals surface area contributed by atoms with E-state index in [0.717, 1.165) is 6.42 Å². The molecule has 1 unspecified atom stereocenters. The van der Waals surface area contributed by atoms with Crippen molar-refractivity contribution in [3.05, 3.63) is 0 Å². The molecule has 0 spiro atoms. The fraction of sp³-hybridized carbons (Fsp3) is 0.875. The van der Waals surface area contributed by atoms with E-state index in [1.165, 1.54) is 6.92 Å². The van der Waals surface area contributed by atoms with Gasteiger partial charge < -0.3 is 0 Å². The Morgan fingerprint density at radius 3 is 2.69 bits per heavy atom. The maximum Gasteiger partial charge on any atom is 0.267 e. The van der Waals surface area contributed by atoms with Crippen LogP contribution in [0, 0.1) is 5.92 Å². The number of Topliss-reactive ketones (excluding diaryl/α,β-unsaturated/α-hetero) is 1. The van der Waals surface area contributed by atoms with E-state index >= 15 is 0 Å². The molecule has 1 saturated carbocycles. The largest absolute Gasteiger partial charge is 0.300 e. The maximum atomic E-state index is 10.9. The van der Waals surface area contributed by atoms with Crippen molar-refractivity contribution in [2.24, 2.45) is 5.92 Å². The molecule has 0 aromatic heterocycles. The van der Waals surface area contributed by atoms with E-state index in [1.54, 1.807) is 0 Å². The SMILES string of the molecule is CCS(=O)(=O)OCC1CCC(=O)C1. The van der Waals surface area contributed by atoms with Gasteiger partial charge in [-0.25, -0.2) is 0 Å². The van der Waals surface area contributed by atoms with Gasteiger partial charge >= 0.3 is 0 Å². The van der Waals surface area contributed by atoms with Crippen LogP contribution in [0.2, 0.25) is 0 Å². The number of ketones is 1. The first-order valence-electron chi connectivity index (χ1n) is 4.42. The molecular weight excluding hydrogens is 192 g/mol. The minimum Gasteiger partial charge on any atom is -0.300 e. The summed E-state index contributed by atoms with van der Waals surface area (Å²) in [7, 11) is -3.34. The summed E-state index contributed by atoms with van der Waals surface area (Å²) >= 11 is 0. The summed E-state index contributed by atoms with van der Waals surface area (Å²) in [5, 5.41) is 0. The van der Waals surface area contributed by atoms with Gasteiger partial charge in [-0.15, -0.1) is 0 Å². The molecule has 0 aliphatic heterocycles. The van der Waals surface area contributed by atoms with Crippen LogP contribution in [0.3, 0.4) is 0 Å². The predicted octanol–water partition coefficient (Wildman–Crippen LogP) is 0.722. The summed E-state index contributed by atoms with van der Waals surface area (Å²) in [6.07, 6.45) is 1.80. The molecule has 1 atom stereocenters. The molecule has 13 heavy (non-hydrogen) atoms. The standard InChI is InChI=1S/C8H14O4S/c1-2-13(10,11)12-6-7-3-4-8(9)5-7/h7H,2-6H2,1H3. The molecule has 4 nitrogen and oxygen atoms in total. The van der Waals surface area contributed by atoms with Crippen molar-refractivity contribution in [3.8, 4) is 0 Å². The van der Waals surface area contributed by atoms with E-state index in [1.807, 2.05) is 0 Å². The second-order valence-corrected chi connectivity index (χ2v) is 5.21. The molecule has 1 fully saturated rings. The lowest BCUT2D eigenvalue weighted by Gasteiger charge is -2.07. The third-order valence-corrected chi connectivity index (χ3v) is 3.39. The Morgan fingerprint density at radius 2 is 2.23 bits per heavy atom. The van der Waals surface area contributed by atoms with Gasteiger partial charge in [0.25, 0.3) is 10.1 Å². The molecule has 1 aliphatic rings. The highest BCUT2D eigenvalue weighted by Gasteiger charge is 2.23. The molecule has 0 heterocycles. The van der Waals surface area contributed by atoms with Crippen molar-refractivity contribution in [3.63, 3.8) is 0 Å². The number of hydrogen-bond acceptors (Lipinski definition) is 4. The van der Waals surface area contributed by atoms with Gasteiger partial charge in [0, 0.05) is 12.8 Å². The van der Waals surface area contributed by atoms with E-state index in [9.17, 15) is 13.2 Å². The average Bonchev–Trinajstić information content (AvgIpc) is 2.48. The quantitative estimate of drug-likeness (QED) is 0.636. The summed E-state index contributed by atoms with van der Waals surface area (Å²) in [5.41, 5.74) is 0. The van der Waals surface area contributed by atoms with E-state index in [-0.39, 0.29) is 24.1 Å². The first-order valence-corrected chi connectivity index (χ1v) is 6.00. The molecule has 76 valence electrons. The Morgan fingerprint density at radius 1 is 1.54 bits per heavy atom. The van der Waals surface area contributed by atoms with Gasteiger partial charge in [0.2, 0.25) is 0 Å².